The lowest BCUT2D eigenvalue weighted by Crippen LogP contribution is -1.66. The lowest BCUT2D eigenvalue weighted by molar-refractivity contribution is 0.318. The van der Waals surface area contributed by atoms with Crippen LogP contribution in [0.2, 0.25) is 0 Å². The molecule has 0 atom stereocenters. The Kier molecular flexibility index (Phi) is 31.8. The van der Waals surface area contributed by atoms with Crippen molar-refractivity contribution >= 4 is 41.5 Å². The van der Waals surface area contributed by atoms with E-state index in [2.05, 4.69) is 0 Å². The lowest BCUT2D eigenvalue weighted by atomic mass is 10.9. The number of halogens is 3. The summed E-state index contributed by atoms with van der Waals surface area (Å²) in [5.74, 6) is 0. The minimum Gasteiger partial charge on any atom is -0.412 e. The Labute approximate surface area is 65.7 Å². The van der Waals surface area contributed by atoms with E-state index in [0.29, 0.717) is 0 Å². The molecule has 0 aliphatic rings. The lowest BCUT2D eigenvalue weighted by Gasteiger charge is -1.57. The zero-order valence-electron chi connectivity index (χ0n) is 4.37. The maximum atomic E-state index is 7.57. The van der Waals surface area contributed by atoms with Crippen molar-refractivity contribution in [2.24, 2.45) is 0 Å². The van der Waals surface area contributed by atoms with Crippen LogP contribution in [0.4, 0.5) is 0 Å². The highest BCUT2D eigenvalue weighted by Gasteiger charge is 2.00. The van der Waals surface area contributed by atoms with E-state index in [1.54, 1.807) is 6.92 Å². The van der Waals surface area contributed by atoms with E-state index in [1.807, 2.05) is 0 Å². The Balaban J connectivity index is -0.0000000575. The second-order valence-electron chi connectivity index (χ2n) is 0.564. The van der Waals surface area contributed by atoms with E-state index in [-0.39, 0.29) is 12.1 Å². The maximum absolute atomic E-state index is 7.57. The third-order valence-electron chi connectivity index (χ3n) is 0. The van der Waals surface area contributed by atoms with Crippen LogP contribution in [-0.4, -0.2) is 28.6 Å². The largest absolute Gasteiger partial charge is 0.643 e. The highest BCUT2D eigenvalue weighted by atomic mass is 35.8. The smallest absolute Gasteiger partial charge is 0.412 e. The van der Waals surface area contributed by atoms with Gasteiger partial charge in [0.15, 0.2) is 0 Å². The molecular weight excluding hydrogens is 189 g/mol. The normalized spacial score (nSPS) is 5.62. The van der Waals surface area contributed by atoms with Crippen molar-refractivity contribution in [2.75, 3.05) is 6.61 Å². The molecule has 0 spiro atoms. The number of hydrogen-bond acceptors (Lipinski definition) is 1. The van der Waals surface area contributed by atoms with Crippen LogP contribution in [-0.2, 0) is 0 Å². The molecule has 0 radical (unpaired) electrons. The standard InChI is InChI=1S/C2H6O.Al.3ClH.H2O/c1-2-3;;;;;/h3H,2H2,1H3;;3*1H;1H2/q;+3;;;;/p-3. The van der Waals surface area contributed by atoms with Gasteiger partial charge in [0.2, 0.25) is 0 Å². The summed E-state index contributed by atoms with van der Waals surface area (Å²) >= 11 is -1.72. The van der Waals surface area contributed by atoms with Crippen LogP contribution in [0.5, 0.6) is 0 Å². The average molecular weight is 197 g/mol. The van der Waals surface area contributed by atoms with Crippen molar-refractivity contribution in [3.05, 3.63) is 0 Å². The summed E-state index contributed by atoms with van der Waals surface area (Å²) in [7, 11) is 14.8. The van der Waals surface area contributed by atoms with E-state index in [0.717, 1.165) is 0 Å². The van der Waals surface area contributed by atoms with Crippen molar-refractivity contribution in [1.82, 2.24) is 0 Å². The van der Waals surface area contributed by atoms with Crippen molar-refractivity contribution in [3.63, 3.8) is 0 Å². The second kappa shape index (κ2) is 15.8. The van der Waals surface area contributed by atoms with Crippen LogP contribution < -0.4 is 0 Å². The first-order valence-electron chi connectivity index (χ1n) is 1.68. The molecule has 6 heteroatoms. The van der Waals surface area contributed by atoms with Crippen LogP contribution in [0.1, 0.15) is 6.92 Å². The predicted octanol–water partition coefficient (Wildman–Crippen LogP) is 0.862. The zero-order valence-corrected chi connectivity index (χ0v) is 7.79. The second-order valence-corrected chi connectivity index (χ2v) is 7.00. The SMILES string of the molecule is CCO.O.[Cl][Al]([Cl])[Cl]. The van der Waals surface area contributed by atoms with E-state index in [4.69, 9.17) is 35.3 Å². The quantitative estimate of drug-likeness (QED) is 0.576. The molecule has 0 fully saturated rings. The van der Waals surface area contributed by atoms with Gasteiger partial charge in [-0.05, 0) is 6.92 Å². The van der Waals surface area contributed by atoms with Gasteiger partial charge < -0.3 is 10.6 Å². The fraction of sp³-hybridized carbons (Fsp3) is 1.00. The molecule has 0 unspecified atom stereocenters. The van der Waals surface area contributed by atoms with Gasteiger partial charge in [0.25, 0.3) is 0 Å². The molecule has 0 aliphatic heterocycles. The van der Waals surface area contributed by atoms with Crippen molar-refractivity contribution in [1.29, 1.82) is 0 Å². The van der Waals surface area contributed by atoms with Gasteiger partial charge in [0.1, 0.15) is 0 Å². The molecule has 0 aromatic carbocycles. The molecule has 3 N–H and O–H groups in total. The first kappa shape index (κ1) is 16.2. The molecule has 0 rings (SSSR count). The monoisotopic (exact) mass is 196 g/mol. The van der Waals surface area contributed by atoms with E-state index in [9.17, 15) is 0 Å². The Morgan fingerprint density at radius 3 is 1.38 bits per heavy atom. The Hall–Kier alpha value is 1.32. The molecule has 0 aliphatic carbocycles. The summed E-state index contributed by atoms with van der Waals surface area (Å²) in [5.41, 5.74) is 0. The average Bonchev–Trinajstić information content (AvgIpc) is 1.33. The summed E-state index contributed by atoms with van der Waals surface area (Å²) in [6, 6.07) is 0. The zero-order chi connectivity index (χ0) is 6.28. The van der Waals surface area contributed by atoms with E-state index < -0.39 is 11.4 Å². The fourth-order valence-corrected chi connectivity index (χ4v) is 0. The van der Waals surface area contributed by atoms with Gasteiger partial charge in [-0.2, -0.15) is 0 Å². The van der Waals surface area contributed by atoms with Crippen LogP contribution in [0.15, 0.2) is 0 Å². The van der Waals surface area contributed by atoms with Gasteiger partial charge in [-0.25, -0.2) is 30.1 Å². The van der Waals surface area contributed by atoms with Gasteiger partial charge in [0, 0.05) is 6.61 Å². The predicted molar refractivity (Wildman–Crippen MR) is 39.7 cm³/mol. The third-order valence-corrected chi connectivity index (χ3v) is 0. The first-order chi connectivity index (χ1) is 3.15. The highest BCUT2D eigenvalue weighted by Crippen LogP contribution is 1.97. The van der Waals surface area contributed by atoms with Crippen LogP contribution >= 0.6 is 30.1 Å². The van der Waals surface area contributed by atoms with Crippen molar-refractivity contribution in [2.45, 2.75) is 6.92 Å². The number of aliphatic hydroxyl groups excluding tert-OH is 1. The molecule has 2 nitrogen and oxygen atoms in total. The molecule has 0 aromatic heterocycles. The summed E-state index contributed by atoms with van der Waals surface area (Å²) in [4.78, 5) is 0. The van der Waals surface area contributed by atoms with Crippen LogP contribution in [0.3, 0.4) is 0 Å². The van der Waals surface area contributed by atoms with Gasteiger partial charge >= 0.3 is 11.4 Å². The van der Waals surface area contributed by atoms with E-state index >= 15 is 0 Å². The van der Waals surface area contributed by atoms with Crippen molar-refractivity contribution in [3.8, 4) is 0 Å². The minimum absolute atomic E-state index is 0. The summed E-state index contributed by atoms with van der Waals surface area (Å²) in [6.45, 7) is 1.93. The molecule has 0 saturated carbocycles. The minimum atomic E-state index is -1.72. The van der Waals surface area contributed by atoms with Gasteiger partial charge in [-0.3, -0.25) is 0 Å². The third kappa shape index (κ3) is 167. The number of hydrogen-bond donors (Lipinski definition) is 1. The Morgan fingerprint density at radius 1 is 1.38 bits per heavy atom. The van der Waals surface area contributed by atoms with Crippen molar-refractivity contribution < 1.29 is 10.6 Å². The topological polar surface area (TPSA) is 51.7 Å². The fourth-order valence-electron chi connectivity index (χ4n) is 0. The molecule has 0 aromatic rings. The molecule has 8 heavy (non-hydrogen) atoms. The summed E-state index contributed by atoms with van der Waals surface area (Å²) in [5, 5.41) is 7.57. The Morgan fingerprint density at radius 2 is 1.38 bits per heavy atom. The first-order valence-corrected chi connectivity index (χ1v) is 6.92. The highest BCUT2D eigenvalue weighted by molar-refractivity contribution is 7.54. The summed E-state index contributed by atoms with van der Waals surface area (Å²) in [6.07, 6.45) is 0. The molecule has 0 heterocycles. The molecule has 52 valence electrons. The molecule has 0 amide bonds. The van der Waals surface area contributed by atoms with Gasteiger partial charge in [-0.15, -0.1) is 0 Å². The van der Waals surface area contributed by atoms with Gasteiger partial charge in [-0.1, -0.05) is 0 Å². The van der Waals surface area contributed by atoms with Crippen LogP contribution in [0, 0.1) is 0 Å². The van der Waals surface area contributed by atoms with E-state index in [1.165, 1.54) is 0 Å². The summed E-state index contributed by atoms with van der Waals surface area (Å²) < 4.78 is 0. The van der Waals surface area contributed by atoms with Crippen LogP contribution in [0.25, 0.3) is 0 Å². The maximum Gasteiger partial charge on any atom is 0.643 e. The Bertz CT molecular complexity index is 26.5. The molecule has 0 saturated heterocycles. The molecular formula is C2H8AlCl3O2. The van der Waals surface area contributed by atoms with Gasteiger partial charge in [0.05, 0.1) is 0 Å². The molecule has 0 bridgehead atoms. The number of rotatable bonds is 0. The number of aliphatic hydroxyl groups is 1.